The van der Waals surface area contributed by atoms with Crippen LogP contribution in [-0.2, 0) is 15.3 Å². The molecule has 1 atom stereocenters. The number of benzene rings is 2. The highest BCUT2D eigenvalue weighted by Crippen LogP contribution is 2.51. The Bertz CT molecular complexity index is 1110. The van der Waals surface area contributed by atoms with E-state index in [9.17, 15) is 9.59 Å². The zero-order valence-electron chi connectivity index (χ0n) is 15.0. The molecule has 0 amide bonds. The van der Waals surface area contributed by atoms with Gasteiger partial charge in [0.2, 0.25) is 0 Å². The lowest BCUT2D eigenvalue weighted by Crippen LogP contribution is -2.34. The smallest absolute Gasteiger partial charge is 0.347 e. The van der Waals surface area contributed by atoms with Crippen molar-refractivity contribution in [1.29, 1.82) is 0 Å². The highest BCUT2D eigenvalue weighted by molar-refractivity contribution is 6.01. The second-order valence-electron chi connectivity index (χ2n) is 6.28. The number of hydrogen-bond acceptors (Lipinski definition) is 5. The number of fused-ring (bicyclic) bond motifs is 3. The molecule has 4 rings (SSSR count). The number of carbonyl (C=O) groups excluding carboxylic acids is 1. The summed E-state index contributed by atoms with van der Waals surface area (Å²) >= 11 is 0. The predicted molar refractivity (Wildman–Crippen MR) is 102 cm³/mol. The minimum Gasteiger partial charge on any atom is -0.452 e. The first-order chi connectivity index (χ1) is 13.1. The summed E-state index contributed by atoms with van der Waals surface area (Å²) in [6.07, 6.45) is 1.39. The Morgan fingerprint density at radius 3 is 2.52 bits per heavy atom. The van der Waals surface area contributed by atoms with Crippen LogP contribution in [0, 0.1) is 0 Å². The maximum Gasteiger partial charge on any atom is 0.347 e. The molecule has 0 spiro atoms. The van der Waals surface area contributed by atoms with Crippen LogP contribution in [0.3, 0.4) is 0 Å². The van der Waals surface area contributed by atoms with Gasteiger partial charge in [0.05, 0.1) is 11.0 Å². The molecular weight excluding hydrogens is 344 g/mol. The largest absolute Gasteiger partial charge is 0.452 e. The minimum atomic E-state index is -1.39. The van der Waals surface area contributed by atoms with Gasteiger partial charge in [0.25, 0.3) is 5.79 Å². The van der Waals surface area contributed by atoms with Gasteiger partial charge in [-0.25, -0.2) is 4.79 Å². The summed E-state index contributed by atoms with van der Waals surface area (Å²) in [5, 5.41) is 0.652. The van der Waals surface area contributed by atoms with Crippen LogP contribution in [0.4, 0.5) is 0 Å². The topological polar surface area (TPSA) is 65.7 Å². The Hall–Kier alpha value is -3.18. The molecule has 2 aromatic carbocycles. The number of carbonyl (C=O) groups is 1. The Balaban J connectivity index is 2.09. The van der Waals surface area contributed by atoms with Gasteiger partial charge in [-0.2, -0.15) is 0 Å². The number of rotatable bonds is 4. The molecule has 27 heavy (non-hydrogen) atoms. The van der Waals surface area contributed by atoms with Gasteiger partial charge in [0.1, 0.15) is 16.9 Å². The van der Waals surface area contributed by atoms with Gasteiger partial charge in [-0.3, -0.25) is 4.79 Å². The second-order valence-corrected chi connectivity index (χ2v) is 6.28. The lowest BCUT2D eigenvalue weighted by Gasteiger charge is -2.30. The molecule has 0 N–H and O–H groups in total. The zero-order valence-corrected chi connectivity index (χ0v) is 15.0. The normalized spacial score (nSPS) is 19.9. The first-order valence-electron chi connectivity index (χ1n) is 8.74. The van der Waals surface area contributed by atoms with Crippen LogP contribution in [0.15, 0.2) is 69.9 Å². The zero-order chi connectivity index (χ0) is 19.0. The number of allylic oxidation sites excluding steroid dienone is 1. The Kier molecular flexibility index (Phi) is 4.16. The van der Waals surface area contributed by atoms with E-state index in [1.54, 1.807) is 12.1 Å². The number of ether oxygens (including phenoxy) is 2. The fraction of sp³-hybridized carbons (Fsp3) is 0.182. The van der Waals surface area contributed by atoms with Gasteiger partial charge < -0.3 is 13.9 Å². The van der Waals surface area contributed by atoms with E-state index in [1.807, 2.05) is 49.4 Å². The van der Waals surface area contributed by atoms with Crippen LogP contribution in [-0.4, -0.2) is 12.4 Å². The highest BCUT2D eigenvalue weighted by atomic mass is 16.7. The average Bonchev–Trinajstić information content (AvgIpc) is 2.98. The highest BCUT2D eigenvalue weighted by Gasteiger charge is 2.50. The molecule has 1 aliphatic rings. The molecule has 3 aromatic rings. The predicted octanol–water partition coefficient (Wildman–Crippen LogP) is 4.05. The molecule has 2 heterocycles. The molecule has 5 heteroatoms. The van der Waals surface area contributed by atoms with Crippen molar-refractivity contribution in [3.8, 4) is 5.75 Å². The van der Waals surface area contributed by atoms with Crippen molar-refractivity contribution in [3.05, 3.63) is 82.2 Å². The standard InChI is InChI=1S/C22H18O5/c1-3-25-22(15-9-5-4-6-10-15)17(13-14(2)23)19-20(27-22)16-11-7-8-12-18(16)26-21(19)24/h4-13H,3H2,1-2H3/b17-13+. The van der Waals surface area contributed by atoms with Gasteiger partial charge in [-0.15, -0.1) is 0 Å². The van der Waals surface area contributed by atoms with Crippen molar-refractivity contribution in [2.75, 3.05) is 6.61 Å². The Morgan fingerprint density at radius 2 is 1.81 bits per heavy atom. The molecular formula is C22H18O5. The summed E-state index contributed by atoms with van der Waals surface area (Å²) in [6, 6.07) is 16.4. The van der Waals surface area contributed by atoms with Gasteiger partial charge in [0, 0.05) is 12.2 Å². The lowest BCUT2D eigenvalue weighted by molar-refractivity contribution is -0.134. The van der Waals surface area contributed by atoms with Crippen molar-refractivity contribution >= 4 is 22.3 Å². The van der Waals surface area contributed by atoms with E-state index >= 15 is 0 Å². The van der Waals surface area contributed by atoms with Crippen LogP contribution in [0.5, 0.6) is 5.75 Å². The summed E-state index contributed by atoms with van der Waals surface area (Å²) in [5.74, 6) is -1.23. The third-order valence-electron chi connectivity index (χ3n) is 4.48. The molecule has 1 aromatic heterocycles. The third-order valence-corrected chi connectivity index (χ3v) is 4.48. The molecule has 0 saturated heterocycles. The molecule has 1 aliphatic heterocycles. The summed E-state index contributed by atoms with van der Waals surface area (Å²) < 4.78 is 17.9. The SMILES string of the molecule is CCOC1(c2ccccc2)Oc2c(c(=O)oc3ccccc23)/C1=C\C(C)=O. The van der Waals surface area contributed by atoms with E-state index in [0.29, 0.717) is 34.5 Å². The number of hydrogen-bond donors (Lipinski definition) is 0. The summed E-state index contributed by atoms with van der Waals surface area (Å²) in [5.41, 5.74) is 1.13. The molecule has 5 nitrogen and oxygen atoms in total. The van der Waals surface area contributed by atoms with Crippen LogP contribution in [0.25, 0.3) is 16.5 Å². The van der Waals surface area contributed by atoms with Crippen molar-refractivity contribution < 1.29 is 18.7 Å². The van der Waals surface area contributed by atoms with Crippen molar-refractivity contribution in [3.63, 3.8) is 0 Å². The summed E-state index contributed by atoms with van der Waals surface area (Å²) in [7, 11) is 0. The van der Waals surface area contributed by atoms with Gasteiger partial charge in [0.15, 0.2) is 5.78 Å². The van der Waals surface area contributed by atoms with E-state index in [-0.39, 0.29) is 11.3 Å². The number of para-hydroxylation sites is 1. The average molecular weight is 362 g/mol. The Labute approximate surface area is 155 Å². The van der Waals surface area contributed by atoms with Gasteiger partial charge in [-0.05, 0) is 32.1 Å². The first-order valence-corrected chi connectivity index (χ1v) is 8.74. The molecule has 0 fully saturated rings. The fourth-order valence-corrected chi connectivity index (χ4v) is 3.46. The molecule has 0 saturated carbocycles. The molecule has 0 aliphatic carbocycles. The maximum absolute atomic E-state index is 12.8. The molecule has 136 valence electrons. The monoisotopic (exact) mass is 362 g/mol. The summed E-state index contributed by atoms with van der Waals surface area (Å²) in [6.45, 7) is 3.58. The van der Waals surface area contributed by atoms with Gasteiger partial charge in [-0.1, -0.05) is 42.5 Å². The lowest BCUT2D eigenvalue weighted by atomic mass is 9.93. The van der Waals surface area contributed by atoms with Crippen molar-refractivity contribution in [2.24, 2.45) is 0 Å². The second kappa shape index (κ2) is 6.52. The molecule has 0 bridgehead atoms. The van der Waals surface area contributed by atoms with Crippen LogP contribution >= 0.6 is 0 Å². The van der Waals surface area contributed by atoms with Crippen molar-refractivity contribution in [2.45, 2.75) is 19.6 Å². The third kappa shape index (κ3) is 2.67. The first kappa shape index (κ1) is 17.2. The van der Waals surface area contributed by atoms with Crippen LogP contribution in [0.1, 0.15) is 25.0 Å². The van der Waals surface area contributed by atoms with E-state index in [1.165, 1.54) is 13.0 Å². The minimum absolute atomic E-state index is 0.214. The van der Waals surface area contributed by atoms with Crippen LogP contribution in [0.2, 0.25) is 0 Å². The molecule has 1 unspecified atom stereocenters. The molecule has 0 radical (unpaired) electrons. The fourth-order valence-electron chi connectivity index (χ4n) is 3.46. The Morgan fingerprint density at radius 1 is 1.11 bits per heavy atom. The van der Waals surface area contributed by atoms with E-state index in [2.05, 4.69) is 0 Å². The van der Waals surface area contributed by atoms with Gasteiger partial charge >= 0.3 is 5.63 Å². The van der Waals surface area contributed by atoms with E-state index < -0.39 is 11.4 Å². The quantitative estimate of drug-likeness (QED) is 0.517. The summed E-state index contributed by atoms with van der Waals surface area (Å²) in [4.78, 5) is 24.8. The van der Waals surface area contributed by atoms with Crippen molar-refractivity contribution in [1.82, 2.24) is 0 Å². The maximum atomic E-state index is 12.8. The van der Waals surface area contributed by atoms with E-state index in [0.717, 1.165) is 0 Å². The van der Waals surface area contributed by atoms with Crippen LogP contribution < -0.4 is 10.4 Å². The number of ketones is 1. The van der Waals surface area contributed by atoms with E-state index in [4.69, 9.17) is 13.9 Å².